The van der Waals surface area contributed by atoms with Crippen molar-refractivity contribution < 1.29 is 4.39 Å². The second-order valence-corrected chi connectivity index (χ2v) is 4.08. The molecule has 0 unspecified atom stereocenters. The van der Waals surface area contributed by atoms with Gasteiger partial charge in [0.25, 0.3) is 0 Å². The third kappa shape index (κ3) is 2.83. The van der Waals surface area contributed by atoms with Crippen molar-refractivity contribution >= 4 is 5.95 Å². The molecule has 3 nitrogen and oxygen atoms in total. The molecule has 0 aliphatic carbocycles. The maximum absolute atomic E-state index is 12.9. The molecule has 0 aliphatic heterocycles. The average molecular weight is 245 g/mol. The van der Waals surface area contributed by atoms with Gasteiger partial charge in [0.15, 0.2) is 0 Å². The van der Waals surface area contributed by atoms with E-state index < -0.39 is 0 Å². The highest BCUT2D eigenvalue weighted by Gasteiger charge is 2.05. The Bertz CT molecular complexity index is 523. The Morgan fingerprint density at radius 1 is 1.17 bits per heavy atom. The molecule has 0 radical (unpaired) electrons. The Labute approximate surface area is 106 Å². The van der Waals surface area contributed by atoms with Gasteiger partial charge >= 0.3 is 0 Å². The molecule has 0 saturated heterocycles. The highest BCUT2D eigenvalue weighted by molar-refractivity contribution is 5.60. The number of aryl methyl sites for hydroxylation is 1. The van der Waals surface area contributed by atoms with Crippen LogP contribution >= 0.6 is 0 Å². The van der Waals surface area contributed by atoms with Crippen LogP contribution in [0, 0.1) is 5.82 Å². The van der Waals surface area contributed by atoms with E-state index >= 15 is 0 Å². The highest BCUT2D eigenvalue weighted by Crippen LogP contribution is 2.20. The van der Waals surface area contributed by atoms with Gasteiger partial charge in [-0.05, 0) is 36.8 Å². The summed E-state index contributed by atoms with van der Waals surface area (Å²) >= 11 is 0. The quantitative estimate of drug-likeness (QED) is 0.898. The fraction of sp³-hybridized carbons (Fsp3) is 0.286. The topological polar surface area (TPSA) is 37.8 Å². The minimum absolute atomic E-state index is 0.240. The van der Waals surface area contributed by atoms with Crippen molar-refractivity contribution in [3.05, 3.63) is 41.8 Å². The van der Waals surface area contributed by atoms with E-state index in [2.05, 4.69) is 22.2 Å². The molecule has 18 heavy (non-hydrogen) atoms. The van der Waals surface area contributed by atoms with Gasteiger partial charge in [-0.25, -0.2) is 14.4 Å². The zero-order valence-electron chi connectivity index (χ0n) is 10.6. The van der Waals surface area contributed by atoms with Gasteiger partial charge in [0.1, 0.15) is 5.82 Å². The molecule has 0 fully saturated rings. The molecule has 0 bridgehead atoms. The second-order valence-electron chi connectivity index (χ2n) is 4.08. The molecule has 0 aliphatic rings. The van der Waals surface area contributed by atoms with Gasteiger partial charge in [-0.15, -0.1) is 0 Å². The average Bonchev–Trinajstić information content (AvgIpc) is 2.39. The molecule has 2 rings (SSSR count). The van der Waals surface area contributed by atoms with E-state index in [0.717, 1.165) is 29.8 Å². The van der Waals surface area contributed by atoms with Gasteiger partial charge in [-0.2, -0.15) is 0 Å². The molecule has 2 aromatic rings. The van der Waals surface area contributed by atoms with Crippen molar-refractivity contribution in [2.75, 3.05) is 12.4 Å². The first kappa shape index (κ1) is 12.5. The number of rotatable bonds is 4. The summed E-state index contributed by atoms with van der Waals surface area (Å²) in [6.45, 7) is 2.11. The van der Waals surface area contributed by atoms with Crippen LogP contribution in [0.1, 0.15) is 19.0 Å². The first-order chi connectivity index (χ1) is 8.72. The van der Waals surface area contributed by atoms with Crippen LogP contribution in [0.25, 0.3) is 11.3 Å². The first-order valence-electron chi connectivity index (χ1n) is 6.04. The molecule has 1 aromatic carbocycles. The normalized spacial score (nSPS) is 10.4. The lowest BCUT2D eigenvalue weighted by molar-refractivity contribution is 0.628. The summed E-state index contributed by atoms with van der Waals surface area (Å²) in [6.07, 6.45) is 1.94. The third-order valence-electron chi connectivity index (χ3n) is 2.65. The molecular weight excluding hydrogens is 229 g/mol. The summed E-state index contributed by atoms with van der Waals surface area (Å²) in [6, 6.07) is 8.29. The molecular formula is C14H16FN3. The first-order valence-corrected chi connectivity index (χ1v) is 6.04. The molecule has 94 valence electrons. The summed E-state index contributed by atoms with van der Waals surface area (Å²) in [5.41, 5.74) is 2.71. The Morgan fingerprint density at radius 3 is 2.50 bits per heavy atom. The van der Waals surface area contributed by atoms with Gasteiger partial charge in [-0.1, -0.05) is 13.3 Å². The Hall–Kier alpha value is -1.97. The van der Waals surface area contributed by atoms with Crippen LogP contribution < -0.4 is 5.32 Å². The lowest BCUT2D eigenvalue weighted by atomic mass is 10.1. The zero-order valence-corrected chi connectivity index (χ0v) is 10.6. The lowest BCUT2D eigenvalue weighted by Crippen LogP contribution is -2.01. The Morgan fingerprint density at radius 2 is 1.89 bits per heavy atom. The highest BCUT2D eigenvalue weighted by atomic mass is 19.1. The number of halogens is 1. The molecule has 0 amide bonds. The predicted molar refractivity (Wildman–Crippen MR) is 71.0 cm³/mol. The molecule has 1 N–H and O–H groups in total. The van der Waals surface area contributed by atoms with Crippen LogP contribution in [-0.2, 0) is 6.42 Å². The van der Waals surface area contributed by atoms with E-state index in [1.54, 1.807) is 19.2 Å². The van der Waals surface area contributed by atoms with Crippen LogP contribution in [0.2, 0.25) is 0 Å². The van der Waals surface area contributed by atoms with Crippen molar-refractivity contribution in [3.63, 3.8) is 0 Å². The largest absolute Gasteiger partial charge is 0.357 e. The summed E-state index contributed by atoms with van der Waals surface area (Å²) < 4.78 is 12.9. The van der Waals surface area contributed by atoms with Crippen molar-refractivity contribution in [1.29, 1.82) is 0 Å². The number of aromatic nitrogens is 2. The SMILES string of the molecule is CCCc1cc(-c2ccc(F)cc2)nc(NC)n1. The number of hydrogen-bond acceptors (Lipinski definition) is 3. The van der Waals surface area contributed by atoms with Crippen molar-refractivity contribution in [2.24, 2.45) is 0 Å². The molecule has 0 saturated carbocycles. The number of benzene rings is 1. The van der Waals surface area contributed by atoms with Crippen molar-refractivity contribution in [3.8, 4) is 11.3 Å². The van der Waals surface area contributed by atoms with Crippen LogP contribution in [0.15, 0.2) is 30.3 Å². The van der Waals surface area contributed by atoms with E-state index in [0.29, 0.717) is 5.95 Å². The summed E-state index contributed by atoms with van der Waals surface area (Å²) in [7, 11) is 1.79. The third-order valence-corrected chi connectivity index (χ3v) is 2.65. The number of hydrogen-bond donors (Lipinski definition) is 1. The Balaban J connectivity index is 2.42. The van der Waals surface area contributed by atoms with E-state index in [1.165, 1.54) is 12.1 Å². The van der Waals surface area contributed by atoms with Gasteiger partial charge in [-0.3, -0.25) is 0 Å². The molecule has 1 aromatic heterocycles. The van der Waals surface area contributed by atoms with E-state index in [1.807, 2.05) is 6.07 Å². The van der Waals surface area contributed by atoms with Gasteiger partial charge in [0.2, 0.25) is 5.95 Å². The van der Waals surface area contributed by atoms with Gasteiger partial charge < -0.3 is 5.32 Å². The Kier molecular flexibility index (Phi) is 3.87. The van der Waals surface area contributed by atoms with Crippen LogP contribution in [0.3, 0.4) is 0 Å². The molecule has 4 heteroatoms. The standard InChI is InChI=1S/C14H16FN3/c1-3-4-12-9-13(18-14(16-2)17-12)10-5-7-11(15)8-6-10/h5-9H,3-4H2,1-2H3,(H,16,17,18). The smallest absolute Gasteiger partial charge is 0.223 e. The van der Waals surface area contributed by atoms with Gasteiger partial charge in [0.05, 0.1) is 5.69 Å². The minimum Gasteiger partial charge on any atom is -0.357 e. The molecule has 1 heterocycles. The van der Waals surface area contributed by atoms with Crippen molar-refractivity contribution in [1.82, 2.24) is 9.97 Å². The predicted octanol–water partition coefficient (Wildman–Crippen LogP) is 3.28. The number of nitrogens with one attached hydrogen (secondary N) is 1. The summed E-state index contributed by atoms with van der Waals surface area (Å²) in [5.74, 6) is 0.357. The van der Waals surface area contributed by atoms with Crippen LogP contribution in [-0.4, -0.2) is 17.0 Å². The lowest BCUT2D eigenvalue weighted by Gasteiger charge is -2.07. The number of nitrogens with zero attached hydrogens (tertiary/aromatic N) is 2. The van der Waals surface area contributed by atoms with Crippen LogP contribution in [0.5, 0.6) is 0 Å². The maximum Gasteiger partial charge on any atom is 0.223 e. The fourth-order valence-electron chi connectivity index (χ4n) is 1.76. The van der Waals surface area contributed by atoms with Crippen molar-refractivity contribution in [2.45, 2.75) is 19.8 Å². The minimum atomic E-state index is -0.240. The monoisotopic (exact) mass is 245 g/mol. The molecule has 0 spiro atoms. The fourth-order valence-corrected chi connectivity index (χ4v) is 1.76. The maximum atomic E-state index is 12.9. The van der Waals surface area contributed by atoms with E-state index in [9.17, 15) is 4.39 Å². The van der Waals surface area contributed by atoms with Crippen LogP contribution in [0.4, 0.5) is 10.3 Å². The van der Waals surface area contributed by atoms with Gasteiger partial charge in [0, 0.05) is 18.3 Å². The zero-order chi connectivity index (χ0) is 13.0. The molecule has 0 atom stereocenters. The van der Waals surface area contributed by atoms with E-state index in [4.69, 9.17) is 0 Å². The van der Waals surface area contributed by atoms with E-state index in [-0.39, 0.29) is 5.82 Å². The summed E-state index contributed by atoms with van der Waals surface area (Å²) in [5, 5.41) is 2.95. The summed E-state index contributed by atoms with van der Waals surface area (Å²) in [4.78, 5) is 8.78. The number of anilines is 1. The second kappa shape index (κ2) is 5.58.